The topological polar surface area (TPSA) is 101 Å². The van der Waals surface area contributed by atoms with Crippen LogP contribution in [0.2, 0.25) is 0 Å². The van der Waals surface area contributed by atoms with E-state index in [2.05, 4.69) is 5.16 Å². The lowest BCUT2D eigenvalue weighted by atomic mass is 10.2. The summed E-state index contributed by atoms with van der Waals surface area (Å²) in [7, 11) is 1.56. The maximum atomic E-state index is 12.3. The maximum Gasteiger partial charge on any atom is 0.257 e. The average Bonchev–Trinajstić information content (AvgIpc) is 2.84. The number of ether oxygens (including phenoxy) is 1. The van der Waals surface area contributed by atoms with Crippen molar-refractivity contribution in [2.24, 2.45) is 10.9 Å². The first-order valence-corrected chi connectivity index (χ1v) is 5.88. The average molecular weight is 269 g/mol. The van der Waals surface area contributed by atoms with Gasteiger partial charge in [-0.1, -0.05) is 5.16 Å². The molecule has 1 aromatic rings. The molecule has 7 heteroatoms. The lowest BCUT2D eigenvalue weighted by Crippen LogP contribution is -2.36. The van der Waals surface area contributed by atoms with Gasteiger partial charge in [-0.15, -0.1) is 0 Å². The van der Waals surface area contributed by atoms with E-state index in [0.29, 0.717) is 37.4 Å². The molecular weight excluding hydrogens is 250 g/mol. The fraction of sp³-hybridized carbons (Fsp3) is 0.500. The number of carbonyl (C=O) groups excluding carboxylic acids is 1. The zero-order valence-corrected chi connectivity index (χ0v) is 11.1. The number of hydrogen-bond acceptors (Lipinski definition) is 5. The van der Waals surface area contributed by atoms with E-state index in [-0.39, 0.29) is 11.7 Å². The molecule has 0 aliphatic rings. The van der Waals surface area contributed by atoms with E-state index in [1.807, 2.05) is 0 Å². The van der Waals surface area contributed by atoms with Crippen LogP contribution in [0.4, 0.5) is 0 Å². The van der Waals surface area contributed by atoms with Crippen LogP contribution < -0.4 is 5.73 Å². The molecule has 7 nitrogen and oxygen atoms in total. The van der Waals surface area contributed by atoms with Crippen LogP contribution in [0.5, 0.6) is 0 Å². The van der Waals surface area contributed by atoms with Crippen LogP contribution in [-0.2, 0) is 4.74 Å². The Labute approximate surface area is 111 Å². The summed E-state index contributed by atoms with van der Waals surface area (Å²) in [4.78, 5) is 13.9. The van der Waals surface area contributed by atoms with Gasteiger partial charge in [0.15, 0.2) is 0 Å². The Kier molecular flexibility index (Phi) is 5.87. The summed E-state index contributed by atoms with van der Waals surface area (Å²) in [5, 5.41) is 11.4. The number of methoxy groups -OCH3 is 1. The molecular formula is C12H19N3O4. The first-order chi connectivity index (χ1) is 9.10. The molecule has 0 spiro atoms. The molecule has 1 rings (SSSR count). The van der Waals surface area contributed by atoms with Gasteiger partial charge in [-0.25, -0.2) is 0 Å². The fourth-order valence-corrected chi connectivity index (χ4v) is 1.59. The number of oxime groups is 1. The molecule has 0 saturated heterocycles. The molecule has 0 bridgehead atoms. The van der Waals surface area contributed by atoms with Gasteiger partial charge >= 0.3 is 0 Å². The maximum absolute atomic E-state index is 12.3. The Morgan fingerprint density at radius 1 is 1.58 bits per heavy atom. The minimum atomic E-state index is -0.158. The number of rotatable bonds is 7. The highest BCUT2D eigenvalue weighted by atomic mass is 16.5. The van der Waals surface area contributed by atoms with Crippen LogP contribution in [0.25, 0.3) is 0 Å². The van der Waals surface area contributed by atoms with E-state index in [4.69, 9.17) is 20.1 Å². The van der Waals surface area contributed by atoms with E-state index < -0.39 is 0 Å². The Hall–Kier alpha value is -2.02. The van der Waals surface area contributed by atoms with Gasteiger partial charge in [-0.3, -0.25) is 4.79 Å². The molecule has 0 aliphatic carbocycles. The highest BCUT2D eigenvalue weighted by Crippen LogP contribution is 2.12. The predicted octanol–water partition coefficient (Wildman–Crippen LogP) is 0.813. The fourth-order valence-electron chi connectivity index (χ4n) is 1.59. The Balaban J connectivity index is 2.73. The normalized spacial score (nSPS) is 11.6. The monoisotopic (exact) mass is 269 g/mol. The SMILES string of the molecule is COCCN(CCC(N)=NO)C(=O)c1ccoc1C. The van der Waals surface area contributed by atoms with Crippen molar-refractivity contribution >= 4 is 11.7 Å². The number of aryl methyl sites for hydroxylation is 1. The number of amidine groups is 1. The molecule has 0 unspecified atom stereocenters. The number of amides is 1. The number of nitrogens with zero attached hydrogens (tertiary/aromatic N) is 2. The zero-order chi connectivity index (χ0) is 14.3. The van der Waals surface area contributed by atoms with Crippen molar-refractivity contribution in [2.75, 3.05) is 26.8 Å². The Bertz CT molecular complexity index is 442. The van der Waals surface area contributed by atoms with Gasteiger partial charge in [0.05, 0.1) is 18.4 Å². The lowest BCUT2D eigenvalue weighted by molar-refractivity contribution is 0.0699. The van der Waals surface area contributed by atoms with Gasteiger partial charge in [-0.2, -0.15) is 0 Å². The molecule has 1 aromatic heterocycles. The van der Waals surface area contributed by atoms with Gasteiger partial charge in [0.2, 0.25) is 0 Å². The van der Waals surface area contributed by atoms with Crippen LogP contribution in [0, 0.1) is 6.92 Å². The molecule has 1 amide bonds. The van der Waals surface area contributed by atoms with Gasteiger partial charge in [0, 0.05) is 26.6 Å². The van der Waals surface area contributed by atoms with Crippen LogP contribution in [0.15, 0.2) is 21.9 Å². The van der Waals surface area contributed by atoms with Gasteiger partial charge in [0.1, 0.15) is 11.6 Å². The zero-order valence-electron chi connectivity index (χ0n) is 11.1. The summed E-state index contributed by atoms with van der Waals surface area (Å²) in [5.41, 5.74) is 5.92. The van der Waals surface area contributed by atoms with Crippen LogP contribution in [0.1, 0.15) is 22.5 Å². The van der Waals surface area contributed by atoms with E-state index in [1.54, 1.807) is 25.0 Å². The molecule has 0 saturated carbocycles. The molecule has 0 aromatic carbocycles. The van der Waals surface area contributed by atoms with Crippen LogP contribution in [0.3, 0.4) is 0 Å². The third kappa shape index (κ3) is 4.29. The van der Waals surface area contributed by atoms with Crippen molar-refractivity contribution < 1.29 is 19.2 Å². The Morgan fingerprint density at radius 3 is 2.84 bits per heavy atom. The van der Waals surface area contributed by atoms with Crippen molar-refractivity contribution in [3.05, 3.63) is 23.7 Å². The number of hydrogen-bond donors (Lipinski definition) is 2. The lowest BCUT2D eigenvalue weighted by Gasteiger charge is -2.21. The third-order valence-electron chi connectivity index (χ3n) is 2.71. The molecule has 106 valence electrons. The first-order valence-electron chi connectivity index (χ1n) is 5.88. The Morgan fingerprint density at radius 2 is 2.32 bits per heavy atom. The van der Waals surface area contributed by atoms with Gasteiger partial charge in [0.25, 0.3) is 5.91 Å². The smallest absolute Gasteiger partial charge is 0.257 e. The predicted molar refractivity (Wildman–Crippen MR) is 69.3 cm³/mol. The van der Waals surface area contributed by atoms with Crippen LogP contribution >= 0.6 is 0 Å². The van der Waals surface area contributed by atoms with Crippen molar-refractivity contribution in [1.82, 2.24) is 4.90 Å². The van der Waals surface area contributed by atoms with Gasteiger partial charge in [-0.05, 0) is 13.0 Å². The molecule has 19 heavy (non-hydrogen) atoms. The quantitative estimate of drug-likeness (QED) is 0.330. The minimum Gasteiger partial charge on any atom is -0.469 e. The summed E-state index contributed by atoms with van der Waals surface area (Å²) in [5.74, 6) is 0.490. The number of carbonyl (C=O) groups is 1. The van der Waals surface area contributed by atoms with E-state index in [1.165, 1.54) is 6.26 Å². The number of nitrogens with two attached hydrogens (primary N) is 1. The summed E-state index contributed by atoms with van der Waals surface area (Å²) < 4.78 is 10.1. The van der Waals surface area contributed by atoms with Crippen LogP contribution in [-0.4, -0.2) is 48.7 Å². The number of furan rings is 1. The highest BCUT2D eigenvalue weighted by molar-refractivity contribution is 5.95. The standard InChI is InChI=1S/C12H19N3O4/c1-9-10(4-7-19-9)12(16)15(6-8-18-2)5-3-11(13)14-17/h4,7,17H,3,5-6,8H2,1-2H3,(H2,13,14). The second kappa shape index (κ2) is 7.42. The van der Waals surface area contributed by atoms with Crippen molar-refractivity contribution in [1.29, 1.82) is 0 Å². The third-order valence-corrected chi connectivity index (χ3v) is 2.71. The van der Waals surface area contributed by atoms with Crippen molar-refractivity contribution in [3.8, 4) is 0 Å². The molecule has 1 heterocycles. The summed E-state index contributed by atoms with van der Waals surface area (Å²) in [6.07, 6.45) is 1.77. The van der Waals surface area contributed by atoms with E-state index >= 15 is 0 Å². The molecule has 0 aliphatic heterocycles. The minimum absolute atomic E-state index is 0.0825. The second-order valence-corrected chi connectivity index (χ2v) is 4.02. The second-order valence-electron chi connectivity index (χ2n) is 4.02. The molecule has 0 fully saturated rings. The molecule has 0 radical (unpaired) electrons. The summed E-state index contributed by atoms with van der Waals surface area (Å²) >= 11 is 0. The van der Waals surface area contributed by atoms with E-state index in [0.717, 1.165) is 0 Å². The van der Waals surface area contributed by atoms with Gasteiger partial charge < -0.3 is 25.0 Å². The van der Waals surface area contributed by atoms with Crippen molar-refractivity contribution in [2.45, 2.75) is 13.3 Å². The molecule has 0 atom stereocenters. The highest BCUT2D eigenvalue weighted by Gasteiger charge is 2.19. The van der Waals surface area contributed by atoms with E-state index in [9.17, 15) is 4.79 Å². The summed E-state index contributed by atoms with van der Waals surface area (Å²) in [6.45, 7) is 2.92. The first kappa shape index (κ1) is 15.0. The molecule has 3 N–H and O–H groups in total. The largest absolute Gasteiger partial charge is 0.469 e. The van der Waals surface area contributed by atoms with Crippen molar-refractivity contribution in [3.63, 3.8) is 0 Å². The summed E-state index contributed by atoms with van der Waals surface area (Å²) in [6, 6.07) is 1.63.